The molecule has 0 bridgehead atoms. The fourth-order valence-corrected chi connectivity index (χ4v) is 2.78. The van der Waals surface area contributed by atoms with Crippen LogP contribution in [0.25, 0.3) is 10.9 Å². The van der Waals surface area contributed by atoms with Gasteiger partial charge in [-0.3, -0.25) is 0 Å². The van der Waals surface area contributed by atoms with Crippen LogP contribution in [0, 0.1) is 6.92 Å². The smallest absolute Gasteiger partial charge is 0.390 e. The van der Waals surface area contributed by atoms with Gasteiger partial charge in [0.1, 0.15) is 5.75 Å². The maximum Gasteiger partial charge on any atom is 0.390 e. The lowest BCUT2D eigenvalue weighted by atomic mass is 10.0. The Bertz CT molecular complexity index is 700. The molecule has 0 spiro atoms. The van der Waals surface area contributed by atoms with Gasteiger partial charge in [0.25, 0.3) is 0 Å². The molecular weight excluding hydrogens is 335 g/mol. The van der Waals surface area contributed by atoms with E-state index < -0.39 is 19.1 Å². The largest absolute Gasteiger partial charge is 0.496 e. The van der Waals surface area contributed by atoms with Crippen molar-refractivity contribution in [2.45, 2.75) is 26.1 Å². The van der Waals surface area contributed by atoms with Crippen LogP contribution in [0.15, 0.2) is 18.3 Å². The Balaban J connectivity index is 1.99. The van der Waals surface area contributed by atoms with Crippen molar-refractivity contribution < 1.29 is 23.1 Å². The minimum Gasteiger partial charge on any atom is -0.496 e. The molecule has 1 aromatic carbocycles. The summed E-state index contributed by atoms with van der Waals surface area (Å²) in [4.78, 5) is 5.15. The fraction of sp³-hybridized carbons (Fsp3) is 0.529. The molecule has 0 atom stereocenters. The average Bonchev–Trinajstić information content (AvgIpc) is 3.03. The number of benzene rings is 1. The zero-order chi connectivity index (χ0) is 18.6. The van der Waals surface area contributed by atoms with Crippen LogP contribution in [0.5, 0.6) is 5.75 Å². The van der Waals surface area contributed by atoms with E-state index in [9.17, 15) is 18.4 Å². The molecule has 0 aliphatic heterocycles. The SMILES string of the molecule is COc1cc(C)c2[nH]ccc2c1CN(C)CCN(O)CCC(F)(F)F. The second-order valence-electron chi connectivity index (χ2n) is 6.20. The average molecular weight is 359 g/mol. The minimum atomic E-state index is -4.26. The standard InChI is InChI=1S/C17H24F3N3O2/c1-12-10-15(25-3)14(13-4-6-21-16(12)13)11-22(2)8-9-23(24)7-5-17(18,19)20/h4,6,10,21,24H,5,7-9,11H2,1-3H3. The van der Waals surface area contributed by atoms with Crippen LogP contribution in [0.2, 0.25) is 0 Å². The summed E-state index contributed by atoms with van der Waals surface area (Å²) in [6.07, 6.45) is -3.42. The zero-order valence-corrected chi connectivity index (χ0v) is 14.7. The Morgan fingerprint density at radius 1 is 1.24 bits per heavy atom. The van der Waals surface area contributed by atoms with Crippen LogP contribution in [0.3, 0.4) is 0 Å². The predicted octanol–water partition coefficient (Wildman–Crippen LogP) is 3.56. The molecule has 5 nitrogen and oxygen atoms in total. The summed E-state index contributed by atoms with van der Waals surface area (Å²) in [6, 6.07) is 3.94. The highest BCUT2D eigenvalue weighted by atomic mass is 19.4. The molecule has 0 aliphatic rings. The van der Waals surface area contributed by atoms with Crippen LogP contribution in [0.1, 0.15) is 17.5 Å². The van der Waals surface area contributed by atoms with Gasteiger partial charge in [0.05, 0.1) is 13.5 Å². The number of nitrogens with zero attached hydrogens (tertiary/aromatic N) is 2. The number of aromatic nitrogens is 1. The van der Waals surface area contributed by atoms with Crippen molar-refractivity contribution in [3.05, 3.63) is 29.5 Å². The van der Waals surface area contributed by atoms with Gasteiger partial charge in [-0.25, -0.2) is 0 Å². The van der Waals surface area contributed by atoms with Gasteiger partial charge in [0.2, 0.25) is 0 Å². The maximum atomic E-state index is 12.2. The lowest BCUT2D eigenvalue weighted by molar-refractivity contribution is -0.165. The Hall–Kier alpha value is -1.77. The Labute approximate surface area is 144 Å². The van der Waals surface area contributed by atoms with Crippen LogP contribution in [-0.4, -0.2) is 60.1 Å². The van der Waals surface area contributed by atoms with Crippen LogP contribution >= 0.6 is 0 Å². The number of ether oxygens (including phenoxy) is 1. The number of aromatic amines is 1. The summed E-state index contributed by atoms with van der Waals surface area (Å²) >= 11 is 0. The molecule has 2 N–H and O–H groups in total. The van der Waals surface area contributed by atoms with Gasteiger partial charge in [0, 0.05) is 48.8 Å². The first-order chi connectivity index (χ1) is 11.7. The molecule has 0 fully saturated rings. The summed E-state index contributed by atoms with van der Waals surface area (Å²) in [7, 11) is 3.47. The van der Waals surface area contributed by atoms with Crippen LogP contribution in [0.4, 0.5) is 13.2 Å². The third-order valence-electron chi connectivity index (χ3n) is 4.15. The summed E-state index contributed by atoms with van der Waals surface area (Å²) in [5.41, 5.74) is 3.13. The molecule has 0 radical (unpaired) electrons. The zero-order valence-electron chi connectivity index (χ0n) is 14.7. The molecule has 2 rings (SSSR count). The van der Waals surface area contributed by atoms with E-state index in [1.165, 1.54) is 0 Å². The van der Waals surface area contributed by atoms with Gasteiger partial charge in [-0.1, -0.05) is 0 Å². The third-order valence-corrected chi connectivity index (χ3v) is 4.15. The highest BCUT2D eigenvalue weighted by molar-refractivity contribution is 5.88. The summed E-state index contributed by atoms with van der Waals surface area (Å²) in [5.74, 6) is 0.773. The second kappa shape index (κ2) is 8.07. The van der Waals surface area contributed by atoms with E-state index in [0.29, 0.717) is 18.2 Å². The molecule has 0 amide bonds. The van der Waals surface area contributed by atoms with Gasteiger partial charge in [-0.15, -0.1) is 0 Å². The van der Waals surface area contributed by atoms with Crippen molar-refractivity contribution in [1.82, 2.24) is 14.9 Å². The topological polar surface area (TPSA) is 51.7 Å². The molecular formula is C17H24F3N3O2. The van der Waals surface area contributed by atoms with Crippen LogP contribution < -0.4 is 4.74 Å². The number of aryl methyl sites for hydroxylation is 1. The number of alkyl halides is 3. The molecule has 1 aromatic heterocycles. The quantitative estimate of drug-likeness (QED) is 0.708. The monoisotopic (exact) mass is 359 g/mol. The number of H-pyrrole nitrogens is 1. The molecule has 140 valence electrons. The normalized spacial score (nSPS) is 12.5. The minimum absolute atomic E-state index is 0.136. The first kappa shape index (κ1) is 19.6. The predicted molar refractivity (Wildman–Crippen MR) is 90.0 cm³/mol. The molecule has 0 aliphatic carbocycles. The highest BCUT2D eigenvalue weighted by Crippen LogP contribution is 2.31. The lowest BCUT2D eigenvalue weighted by Crippen LogP contribution is -2.33. The van der Waals surface area contributed by atoms with E-state index in [0.717, 1.165) is 27.8 Å². The molecule has 1 heterocycles. The first-order valence-electron chi connectivity index (χ1n) is 8.04. The van der Waals surface area contributed by atoms with Crippen LogP contribution in [-0.2, 0) is 6.54 Å². The van der Waals surface area contributed by atoms with Crippen molar-refractivity contribution in [2.24, 2.45) is 0 Å². The molecule has 0 saturated carbocycles. The number of hydrogen-bond acceptors (Lipinski definition) is 4. The van der Waals surface area contributed by atoms with Crippen molar-refractivity contribution in [3.8, 4) is 5.75 Å². The molecule has 0 saturated heterocycles. The molecule has 0 unspecified atom stereocenters. The summed E-state index contributed by atoms with van der Waals surface area (Å²) < 4.78 is 42.0. The number of halogens is 3. The second-order valence-corrected chi connectivity index (χ2v) is 6.20. The Kier molecular flexibility index (Phi) is 6.31. The maximum absolute atomic E-state index is 12.2. The van der Waals surface area contributed by atoms with E-state index in [4.69, 9.17) is 4.74 Å². The van der Waals surface area contributed by atoms with Gasteiger partial charge in [-0.05, 0) is 31.7 Å². The van der Waals surface area contributed by atoms with Gasteiger partial charge < -0.3 is 19.8 Å². The van der Waals surface area contributed by atoms with Crippen molar-refractivity contribution in [1.29, 1.82) is 0 Å². The van der Waals surface area contributed by atoms with E-state index in [2.05, 4.69) is 4.98 Å². The number of fused-ring (bicyclic) bond motifs is 1. The highest BCUT2D eigenvalue weighted by Gasteiger charge is 2.27. The van der Waals surface area contributed by atoms with Gasteiger partial charge in [-0.2, -0.15) is 18.2 Å². The summed E-state index contributed by atoms with van der Waals surface area (Å²) in [5, 5.41) is 11.3. The molecule has 25 heavy (non-hydrogen) atoms. The van der Waals surface area contributed by atoms with Crippen molar-refractivity contribution in [2.75, 3.05) is 33.8 Å². The van der Waals surface area contributed by atoms with E-state index in [1.807, 2.05) is 37.2 Å². The van der Waals surface area contributed by atoms with E-state index in [1.54, 1.807) is 7.11 Å². The number of hydroxylamine groups is 2. The number of likely N-dealkylation sites (N-methyl/N-ethyl adjacent to an activating group) is 1. The van der Waals surface area contributed by atoms with E-state index in [-0.39, 0.29) is 6.54 Å². The lowest BCUT2D eigenvalue weighted by Gasteiger charge is -2.22. The van der Waals surface area contributed by atoms with Crippen molar-refractivity contribution >= 4 is 10.9 Å². The van der Waals surface area contributed by atoms with Gasteiger partial charge >= 0.3 is 6.18 Å². The Morgan fingerprint density at radius 3 is 2.60 bits per heavy atom. The Morgan fingerprint density at radius 2 is 1.96 bits per heavy atom. The van der Waals surface area contributed by atoms with Crippen molar-refractivity contribution in [3.63, 3.8) is 0 Å². The number of nitrogens with one attached hydrogen (secondary N) is 1. The number of rotatable bonds is 8. The fourth-order valence-electron chi connectivity index (χ4n) is 2.78. The molecule has 8 heteroatoms. The third kappa shape index (κ3) is 5.35. The first-order valence-corrected chi connectivity index (χ1v) is 8.04. The van der Waals surface area contributed by atoms with Gasteiger partial charge in [0.15, 0.2) is 0 Å². The van der Waals surface area contributed by atoms with E-state index >= 15 is 0 Å². The summed E-state index contributed by atoms with van der Waals surface area (Å²) in [6.45, 7) is 2.70. The molecule has 2 aromatic rings. The number of hydrogen-bond donors (Lipinski definition) is 2. The number of methoxy groups -OCH3 is 1.